The van der Waals surface area contributed by atoms with Crippen molar-refractivity contribution in [1.82, 2.24) is 28.9 Å². The Morgan fingerprint density at radius 1 is 0.473 bits per heavy atom. The fourth-order valence-corrected chi connectivity index (χ4v) is 14.8. The molecule has 2 aromatic carbocycles. The molecule has 4 saturated carbocycles. The fourth-order valence-electron chi connectivity index (χ4n) is 14.8. The summed E-state index contributed by atoms with van der Waals surface area (Å²) in [6.07, 6.45) is 42.5. The van der Waals surface area contributed by atoms with Crippen LogP contribution in [0.15, 0.2) is 58.1 Å². The molecule has 2 N–H and O–H groups in total. The predicted octanol–water partition coefficient (Wildman–Crippen LogP) is 9.96. The summed E-state index contributed by atoms with van der Waals surface area (Å²) in [4.78, 5) is 65.0. The number of carbonyl (C=O) groups excluding carboxylic acids is 1. The van der Waals surface area contributed by atoms with Crippen LogP contribution in [0.3, 0.4) is 0 Å². The quantitative estimate of drug-likeness (QED) is 0.138. The van der Waals surface area contributed by atoms with E-state index in [2.05, 4.69) is 19.8 Å². The summed E-state index contributed by atoms with van der Waals surface area (Å²) < 4.78 is 8.78. The molecule has 4 aromatic rings. The Morgan fingerprint density at radius 2 is 0.784 bits per heavy atom. The molecule has 6 atom stereocenters. The Balaban J connectivity index is 0.000000172. The number of piperidine rings is 4. The van der Waals surface area contributed by atoms with Gasteiger partial charge in [0.1, 0.15) is 0 Å². The number of rotatable bonds is 7. The number of hydrogen-bond donors (Lipinski definition) is 1. The summed E-state index contributed by atoms with van der Waals surface area (Å²) in [6, 6.07) is 18.8. The summed E-state index contributed by atoms with van der Waals surface area (Å²) in [5.74, 6) is -1.86. The molecule has 6 heterocycles. The van der Waals surface area contributed by atoms with Gasteiger partial charge in [-0.15, -0.1) is 0 Å². The minimum Gasteiger partial charge on any atom is -0.870 e. The molecule has 4 saturated heterocycles. The van der Waals surface area contributed by atoms with Gasteiger partial charge in [-0.3, -0.25) is 19.4 Å². The number of benzene rings is 2. The molecule has 0 radical (unpaired) electrons. The van der Waals surface area contributed by atoms with Gasteiger partial charge in [-0.05, 0) is 108 Å². The van der Waals surface area contributed by atoms with E-state index in [0.29, 0.717) is 47.3 Å². The zero-order valence-electron chi connectivity index (χ0n) is 45.2. The third kappa shape index (κ3) is 14.0. The summed E-state index contributed by atoms with van der Waals surface area (Å²) in [6.45, 7) is 1.98. The summed E-state index contributed by atoms with van der Waals surface area (Å²) in [5, 5.41) is 9.54. The topological polar surface area (TPSA) is 170 Å². The minimum absolute atomic E-state index is 0. The van der Waals surface area contributed by atoms with Gasteiger partial charge in [0.25, 0.3) is 11.1 Å². The van der Waals surface area contributed by atoms with Crippen molar-refractivity contribution in [3.8, 4) is 0 Å². The van der Waals surface area contributed by atoms with Crippen molar-refractivity contribution >= 4 is 34.0 Å². The molecule has 8 aliphatic rings. The smallest absolute Gasteiger partial charge is 0.870 e. The monoisotopic (exact) mass is 1030 g/mol. The number of esters is 1. The van der Waals surface area contributed by atoms with Crippen LogP contribution in [0, 0.1) is 0 Å². The number of carbonyl (C=O) groups is 2. The largest absolute Gasteiger partial charge is 1.00 e. The molecule has 4 bridgehead atoms. The van der Waals surface area contributed by atoms with Gasteiger partial charge < -0.3 is 24.5 Å². The normalized spacial score (nSPS) is 26.5. The Labute approximate surface area is 462 Å². The molecule has 74 heavy (non-hydrogen) atoms. The number of ether oxygens (including phenoxy) is 1. The Hall–Kier alpha value is -3.46. The number of hydrogen-bond acceptors (Lipinski definition) is 10. The molecule has 400 valence electrons. The summed E-state index contributed by atoms with van der Waals surface area (Å²) in [5.41, 5.74) is 1.67. The maximum atomic E-state index is 13.5. The first kappa shape index (κ1) is 58.2. The first-order valence-electron chi connectivity index (χ1n) is 29.3. The van der Waals surface area contributed by atoms with Crippen LogP contribution in [-0.2, 0) is 4.74 Å². The second kappa shape index (κ2) is 28.8. The van der Waals surface area contributed by atoms with Gasteiger partial charge in [0.05, 0.1) is 28.7 Å². The maximum Gasteiger partial charge on any atom is 1.00 e. The van der Waals surface area contributed by atoms with Crippen LogP contribution in [0.5, 0.6) is 0 Å². The third-order valence-electron chi connectivity index (χ3n) is 18.0. The number of nitrogens with zero attached hydrogens (tertiary/aromatic N) is 6. The van der Waals surface area contributed by atoms with E-state index in [9.17, 15) is 24.3 Å². The van der Waals surface area contributed by atoms with Crippen LogP contribution in [-0.4, -0.2) is 94.3 Å². The maximum absolute atomic E-state index is 13.5. The van der Waals surface area contributed by atoms with E-state index in [-0.39, 0.29) is 70.7 Å². The average Bonchev–Trinajstić information content (AvgIpc) is 3.42. The fraction of sp³-hybridized carbons (Fsp3) is 0.700. The molecule has 4 aliphatic carbocycles. The van der Waals surface area contributed by atoms with Gasteiger partial charge in [-0.25, -0.2) is 19.6 Å². The first-order valence-corrected chi connectivity index (χ1v) is 29.3. The second-order valence-corrected chi connectivity index (χ2v) is 22.7. The number of fused-ring (bicyclic) bond motifs is 6. The number of aromatic nitrogens is 4. The zero-order valence-corrected chi connectivity index (χ0v) is 47.2. The summed E-state index contributed by atoms with van der Waals surface area (Å²) in [7, 11) is 0. The predicted molar refractivity (Wildman–Crippen MR) is 289 cm³/mol. The summed E-state index contributed by atoms with van der Waals surface area (Å²) >= 11 is 0. The van der Waals surface area contributed by atoms with Crippen molar-refractivity contribution in [2.45, 2.75) is 261 Å². The van der Waals surface area contributed by atoms with E-state index in [0.717, 1.165) is 36.7 Å². The Bertz CT molecular complexity index is 2470. The van der Waals surface area contributed by atoms with Crippen LogP contribution in [0.25, 0.3) is 22.1 Å². The van der Waals surface area contributed by atoms with Crippen molar-refractivity contribution in [2.24, 2.45) is 0 Å². The number of carboxylic acid groups (broad SMARTS) is 1. The van der Waals surface area contributed by atoms with E-state index in [1.54, 1.807) is 17.6 Å². The molecular formula is C60H87N6NaO7. The van der Waals surface area contributed by atoms with Gasteiger partial charge >= 0.3 is 41.5 Å². The molecule has 0 amide bonds. The number of aromatic carboxylic acids is 1. The Morgan fingerprint density at radius 3 is 1.14 bits per heavy atom. The second-order valence-electron chi connectivity index (χ2n) is 22.7. The molecule has 13 nitrogen and oxygen atoms in total. The van der Waals surface area contributed by atoms with Crippen molar-refractivity contribution < 1.29 is 54.5 Å². The van der Waals surface area contributed by atoms with E-state index >= 15 is 0 Å². The number of carboxylic acids is 1. The molecule has 14 heteroatoms. The van der Waals surface area contributed by atoms with E-state index in [4.69, 9.17) is 4.74 Å². The van der Waals surface area contributed by atoms with Gasteiger partial charge in [0, 0.05) is 48.3 Å². The SMILES string of the molecule is C1CCCCC1.C1CCCCC1.CCOC(=O)c1nc2ccccc2n(C2C[C@H]3CCC[C@@H](C2)N3C2CCCCC2)c1=O.O=C(O)c1nc2ccccc2n(C2C[C@H]3CCC[C@@H](C2)N3C2CCCCC2)c1=O.[Na+].[OH-]. The van der Waals surface area contributed by atoms with Gasteiger partial charge in [-0.2, -0.15) is 0 Å². The van der Waals surface area contributed by atoms with Gasteiger partial charge in [0.15, 0.2) is 0 Å². The van der Waals surface area contributed by atoms with Crippen molar-refractivity contribution in [1.29, 1.82) is 0 Å². The standard InChI is InChI=1S/C25H33N3O3.C23H29N3O3.2C6H12.Na.H2O/c1-2-31-25(30)23-24(29)28(22-14-7-6-13-21(22)26-23)20-15-18-11-8-12-19(16-20)27(18)17-9-4-3-5-10-17;27-22-21(23(28)29)24-19-11-4-5-12-20(19)26(22)18-13-16-9-6-10-17(14-18)25(16)15-7-2-1-3-8-15;2*1-2-4-6-5-3-1;;/h6-7,13-14,17-20H,2-5,8-12,15-16H2,1H3;4-5,11-12,15-18H,1-3,6-10,13-14H2,(H,28,29);2*1-6H2;;1H2/q;;;;+1;/p-1/t18-,19+,20?;16-,17+,18?;;;;. The van der Waals surface area contributed by atoms with Crippen LogP contribution >= 0.6 is 0 Å². The van der Waals surface area contributed by atoms with E-state index < -0.39 is 17.5 Å². The molecule has 2 aromatic heterocycles. The van der Waals surface area contributed by atoms with Gasteiger partial charge in [-0.1, -0.05) is 153 Å². The van der Waals surface area contributed by atoms with Crippen LogP contribution in [0.4, 0.5) is 0 Å². The molecule has 12 rings (SSSR count). The van der Waals surface area contributed by atoms with Crippen LogP contribution < -0.4 is 40.7 Å². The first-order chi connectivity index (χ1) is 35.3. The average molecular weight is 1030 g/mol. The molecule has 0 spiro atoms. The molecule has 4 aliphatic heterocycles. The Kier molecular flexibility index (Phi) is 22.6. The minimum atomic E-state index is -1.24. The molecular weight excluding hydrogens is 940 g/mol. The van der Waals surface area contributed by atoms with E-state index in [1.807, 2.05) is 47.0 Å². The van der Waals surface area contributed by atoms with Gasteiger partial charge in [0.2, 0.25) is 11.4 Å². The van der Waals surface area contributed by atoms with E-state index in [1.165, 1.54) is 180 Å². The van der Waals surface area contributed by atoms with Crippen LogP contribution in [0.1, 0.15) is 245 Å². The number of para-hydroxylation sites is 4. The molecule has 2 unspecified atom stereocenters. The van der Waals surface area contributed by atoms with Crippen molar-refractivity contribution in [3.05, 3.63) is 80.6 Å². The van der Waals surface area contributed by atoms with Crippen molar-refractivity contribution in [3.63, 3.8) is 0 Å². The van der Waals surface area contributed by atoms with Crippen LogP contribution in [0.2, 0.25) is 0 Å². The molecule has 8 fully saturated rings. The third-order valence-corrected chi connectivity index (χ3v) is 18.0. The zero-order chi connectivity index (χ0) is 49.8. The van der Waals surface area contributed by atoms with Crippen molar-refractivity contribution in [2.75, 3.05) is 6.61 Å².